The van der Waals surface area contributed by atoms with Gasteiger partial charge in [0.2, 0.25) is 41.4 Å². The highest BCUT2D eigenvalue weighted by molar-refractivity contribution is 5.99. The second-order valence-corrected chi connectivity index (χ2v) is 26.9. The number of fused-ring (bicyclic) bond motifs is 1. The Morgan fingerprint density at radius 2 is 1.19 bits per heavy atom. The SMILES string of the molecule is CC[C@H](C)[C@@H]1NC(=O)[C@@H]2CCCN2C(=O)[C@H](Cc2cccc(-c3ccc(N4CCOCC4)nc3)c2)N(C)C(=O)[C@H](Cc2ccccc2)NC(=O)[C@H](C(C)C)N(C)C(=O)[C@@H]([C@@H](C)CC)OC(=O)[C@H](C(C)(C)O)N(C)C(=O)[C@H](CC(C)C)NC(=O)[C@H](C(C)C)N(C)C1=O. The van der Waals surface area contributed by atoms with Crippen molar-refractivity contribution in [3.63, 3.8) is 0 Å². The lowest BCUT2D eigenvalue weighted by atomic mass is 9.93. The minimum absolute atomic E-state index is 0.0300. The van der Waals surface area contributed by atoms with Crippen LogP contribution in [-0.4, -0.2) is 209 Å². The highest BCUT2D eigenvalue weighted by Crippen LogP contribution is 2.29. The maximum Gasteiger partial charge on any atom is 0.332 e. The molecule has 500 valence electrons. The van der Waals surface area contributed by atoms with Gasteiger partial charge in [0, 0.05) is 78.3 Å². The first kappa shape index (κ1) is 72.6. The van der Waals surface area contributed by atoms with Gasteiger partial charge in [0.05, 0.1) is 18.8 Å². The monoisotopic (exact) mass is 1260 g/mol. The molecular weight excluding hydrogens is 1160 g/mol. The first-order valence-corrected chi connectivity index (χ1v) is 32.5. The molecule has 0 spiro atoms. The number of carbonyl (C=O) groups is 9. The smallest absolute Gasteiger partial charge is 0.332 e. The van der Waals surface area contributed by atoms with Gasteiger partial charge in [-0.3, -0.25) is 38.4 Å². The van der Waals surface area contributed by atoms with Crippen molar-refractivity contribution in [2.45, 2.75) is 188 Å². The second kappa shape index (κ2) is 32.2. The van der Waals surface area contributed by atoms with Gasteiger partial charge in [-0.15, -0.1) is 0 Å². The molecule has 3 fully saturated rings. The quantitative estimate of drug-likeness (QED) is 0.141. The summed E-state index contributed by atoms with van der Waals surface area (Å²) in [4.78, 5) is 150. The standard InChI is InChI=1S/C69H102N10O12/c1-17-44(9)55-66(86)75(14)56(42(5)6)61(81)71-50(36-41(3)4)64(84)77(16)59(69(11,12)89)68(88)91-58(45(10)18-2)67(87)76(15)57(43(7)8)62(82)72-51(38-46-24-20-19-21-25-46)63(83)74(13)53(65(85)79-31-23-28-52(79)60(80)73-55)39-47-26-22-27-48(37-47)49-29-30-54(70-40-49)78-32-34-90-35-33-78/h19-22,24-27,29-30,37,40-45,50-53,55-59,89H,17-18,23,28,31-36,38-39H2,1-16H3,(H,71,81)(H,72,82)(H,73,80)/t44-,45-,50-,51-,52-,53-,55-,56-,57-,58+,59+/m0/s1. The number of hydrogen-bond donors (Lipinski definition) is 4. The molecule has 91 heavy (non-hydrogen) atoms. The van der Waals surface area contributed by atoms with Gasteiger partial charge in [0.15, 0.2) is 12.1 Å². The van der Waals surface area contributed by atoms with Crippen LogP contribution in [0.15, 0.2) is 72.9 Å². The topological polar surface area (TPSA) is 261 Å². The summed E-state index contributed by atoms with van der Waals surface area (Å²) in [6.07, 6.45) is 1.66. The van der Waals surface area contributed by atoms with Crippen molar-refractivity contribution in [3.8, 4) is 11.1 Å². The highest BCUT2D eigenvalue weighted by atomic mass is 16.6. The van der Waals surface area contributed by atoms with Gasteiger partial charge in [-0.05, 0) is 92.0 Å². The predicted molar refractivity (Wildman–Crippen MR) is 348 cm³/mol. The molecule has 4 heterocycles. The van der Waals surface area contributed by atoms with E-state index in [9.17, 15) is 19.5 Å². The third-order valence-electron chi connectivity index (χ3n) is 18.3. The molecule has 4 N–H and O–H groups in total. The number of hydrogen-bond acceptors (Lipinski definition) is 14. The molecule has 3 saturated heterocycles. The largest absolute Gasteiger partial charge is 0.450 e. The highest BCUT2D eigenvalue weighted by Gasteiger charge is 2.48. The fourth-order valence-electron chi connectivity index (χ4n) is 12.8. The number of pyridine rings is 1. The van der Waals surface area contributed by atoms with Crippen LogP contribution in [-0.2, 0) is 65.5 Å². The van der Waals surface area contributed by atoms with Crippen LogP contribution in [0.4, 0.5) is 5.82 Å². The Morgan fingerprint density at radius 1 is 0.604 bits per heavy atom. The molecule has 8 amide bonds. The number of carbonyl (C=O) groups excluding carboxylic acids is 9. The number of aliphatic hydroxyl groups is 1. The van der Waals surface area contributed by atoms with E-state index in [-0.39, 0.29) is 38.1 Å². The normalized spacial score (nSPS) is 25.6. The average Bonchev–Trinajstić information content (AvgIpc) is 1.85. The van der Waals surface area contributed by atoms with Crippen molar-refractivity contribution < 1.29 is 57.7 Å². The molecule has 0 unspecified atom stereocenters. The summed E-state index contributed by atoms with van der Waals surface area (Å²) in [5, 5.41) is 20.7. The zero-order valence-electron chi connectivity index (χ0n) is 56.6. The van der Waals surface area contributed by atoms with Crippen molar-refractivity contribution in [1.82, 2.24) is 45.4 Å². The van der Waals surface area contributed by atoms with Crippen LogP contribution in [0.5, 0.6) is 0 Å². The van der Waals surface area contributed by atoms with E-state index in [1.165, 1.54) is 61.6 Å². The molecule has 22 heteroatoms. The third-order valence-corrected chi connectivity index (χ3v) is 18.3. The Morgan fingerprint density at radius 3 is 1.75 bits per heavy atom. The van der Waals surface area contributed by atoms with Gasteiger partial charge in [0.1, 0.15) is 48.1 Å². The molecule has 0 bridgehead atoms. The lowest BCUT2D eigenvalue weighted by Crippen LogP contribution is -2.63. The molecule has 3 aliphatic rings. The number of morpholine rings is 1. The molecule has 0 radical (unpaired) electrons. The van der Waals surface area contributed by atoms with E-state index in [0.29, 0.717) is 56.7 Å². The van der Waals surface area contributed by atoms with Crippen molar-refractivity contribution in [2.24, 2.45) is 29.6 Å². The fraction of sp³-hybridized carbons (Fsp3) is 0.623. The number of aromatic nitrogens is 1. The second-order valence-electron chi connectivity index (χ2n) is 26.9. The molecular formula is C69H102N10O12. The molecule has 1 aromatic heterocycles. The van der Waals surface area contributed by atoms with Crippen molar-refractivity contribution >= 4 is 59.0 Å². The van der Waals surface area contributed by atoms with Crippen LogP contribution in [0.3, 0.4) is 0 Å². The molecule has 22 nitrogen and oxygen atoms in total. The van der Waals surface area contributed by atoms with E-state index < -0.39 is 137 Å². The molecule has 3 aromatic rings. The van der Waals surface area contributed by atoms with Gasteiger partial charge in [-0.25, -0.2) is 9.78 Å². The third kappa shape index (κ3) is 18.0. The first-order chi connectivity index (χ1) is 42.9. The predicted octanol–water partition coefficient (Wildman–Crippen LogP) is 5.27. The minimum atomic E-state index is -1.99. The van der Waals surface area contributed by atoms with E-state index in [2.05, 4.69) is 20.9 Å². The van der Waals surface area contributed by atoms with Crippen LogP contribution >= 0.6 is 0 Å². The van der Waals surface area contributed by atoms with Crippen LogP contribution in [0.2, 0.25) is 0 Å². The van der Waals surface area contributed by atoms with Crippen LogP contribution < -0.4 is 20.9 Å². The first-order valence-electron chi connectivity index (χ1n) is 32.5. The average molecular weight is 1260 g/mol. The number of rotatable bonds is 15. The molecule has 2 aromatic carbocycles. The van der Waals surface area contributed by atoms with Gasteiger partial charge < -0.3 is 59.9 Å². The number of likely N-dealkylation sites (N-methyl/N-ethyl adjacent to an activating group) is 4. The summed E-state index contributed by atoms with van der Waals surface area (Å²) >= 11 is 0. The van der Waals surface area contributed by atoms with E-state index in [4.69, 9.17) is 14.5 Å². The van der Waals surface area contributed by atoms with Crippen molar-refractivity contribution in [3.05, 3.63) is 84.1 Å². The zero-order valence-corrected chi connectivity index (χ0v) is 56.6. The Labute approximate surface area is 538 Å². The summed E-state index contributed by atoms with van der Waals surface area (Å²) in [7, 11) is 5.69. The molecule has 3 aliphatic heterocycles. The van der Waals surface area contributed by atoms with E-state index in [1.807, 2.05) is 82.3 Å². The summed E-state index contributed by atoms with van der Waals surface area (Å²) in [5.74, 6) is -8.08. The van der Waals surface area contributed by atoms with Crippen LogP contribution in [0.1, 0.15) is 126 Å². The van der Waals surface area contributed by atoms with E-state index >= 15 is 28.8 Å². The Hall–Kier alpha value is -7.46. The minimum Gasteiger partial charge on any atom is -0.450 e. The van der Waals surface area contributed by atoms with Gasteiger partial charge in [-0.1, -0.05) is 130 Å². The zero-order chi connectivity index (χ0) is 67.3. The number of cyclic esters (lactones) is 1. The lowest BCUT2D eigenvalue weighted by molar-refractivity contribution is -0.177. The number of esters is 1. The molecule has 6 rings (SSSR count). The number of anilines is 1. The molecule has 0 saturated carbocycles. The van der Waals surface area contributed by atoms with Crippen molar-refractivity contribution in [2.75, 3.05) is 65.9 Å². The number of amides is 8. The van der Waals surface area contributed by atoms with Crippen LogP contribution in [0, 0.1) is 29.6 Å². The van der Waals surface area contributed by atoms with E-state index in [1.54, 1.807) is 59.9 Å². The number of nitrogens with one attached hydrogen (secondary N) is 3. The molecule has 11 atom stereocenters. The Balaban J connectivity index is 1.51. The number of benzene rings is 2. The van der Waals surface area contributed by atoms with Crippen molar-refractivity contribution in [1.29, 1.82) is 0 Å². The summed E-state index contributed by atoms with van der Waals surface area (Å²) < 4.78 is 11.7. The fourth-order valence-corrected chi connectivity index (χ4v) is 12.8. The maximum absolute atomic E-state index is 15.8. The van der Waals surface area contributed by atoms with Gasteiger partial charge >= 0.3 is 5.97 Å². The number of nitrogens with zero attached hydrogens (tertiary/aromatic N) is 7. The van der Waals surface area contributed by atoms with E-state index in [0.717, 1.165) is 21.8 Å². The van der Waals surface area contributed by atoms with Gasteiger partial charge in [-0.2, -0.15) is 0 Å². The summed E-state index contributed by atoms with van der Waals surface area (Å²) in [5.41, 5.74) is 0.988. The summed E-state index contributed by atoms with van der Waals surface area (Å²) in [6, 6.07) is 10.2. The summed E-state index contributed by atoms with van der Waals surface area (Å²) in [6.45, 7) is 23.3. The Kier molecular flexibility index (Phi) is 25.7. The maximum atomic E-state index is 15.8. The van der Waals surface area contributed by atoms with Gasteiger partial charge in [0.25, 0.3) is 5.91 Å². The Bertz CT molecular complexity index is 3000. The molecule has 0 aliphatic carbocycles. The number of ether oxygens (including phenoxy) is 2. The lowest BCUT2D eigenvalue weighted by Gasteiger charge is -2.39. The van der Waals surface area contributed by atoms with Crippen LogP contribution in [0.25, 0.3) is 11.1 Å².